The van der Waals surface area contributed by atoms with Gasteiger partial charge in [0, 0.05) is 0 Å². The van der Waals surface area contributed by atoms with E-state index in [9.17, 15) is 5.11 Å². The molecule has 0 aliphatic heterocycles. The molecule has 11 heavy (non-hydrogen) atoms. The van der Waals surface area contributed by atoms with Gasteiger partial charge in [-0.05, 0) is 52.1 Å². The van der Waals surface area contributed by atoms with E-state index in [0.29, 0.717) is 5.92 Å². The largest absolute Gasteiger partial charge is 0.390 e. The summed E-state index contributed by atoms with van der Waals surface area (Å²) in [7, 11) is 1.98. The molecule has 0 atom stereocenters. The molecular weight excluding hydrogens is 138 g/mol. The first-order chi connectivity index (χ1) is 5.04. The first-order valence-corrected chi connectivity index (χ1v) is 4.41. The third-order valence-electron chi connectivity index (χ3n) is 2.73. The first-order valence-electron chi connectivity index (χ1n) is 4.41. The fourth-order valence-corrected chi connectivity index (χ4v) is 1.77. The second kappa shape index (κ2) is 3.11. The Morgan fingerprint density at radius 3 is 2.36 bits per heavy atom. The Morgan fingerprint density at radius 1 is 1.45 bits per heavy atom. The van der Waals surface area contributed by atoms with Gasteiger partial charge in [0.05, 0.1) is 5.60 Å². The van der Waals surface area contributed by atoms with Crippen LogP contribution in [0.15, 0.2) is 0 Å². The molecule has 0 aromatic carbocycles. The average molecular weight is 157 g/mol. The van der Waals surface area contributed by atoms with Gasteiger partial charge in [0.1, 0.15) is 0 Å². The van der Waals surface area contributed by atoms with Gasteiger partial charge in [-0.15, -0.1) is 0 Å². The number of nitrogens with one attached hydrogen (secondary N) is 1. The normalized spacial score (nSPS) is 31.6. The molecular formula is C9H19NO. The molecule has 1 saturated carbocycles. The van der Waals surface area contributed by atoms with Crippen LogP contribution >= 0.6 is 0 Å². The van der Waals surface area contributed by atoms with E-state index in [1.807, 2.05) is 20.9 Å². The van der Waals surface area contributed by atoms with E-state index in [2.05, 4.69) is 5.32 Å². The minimum Gasteiger partial charge on any atom is -0.390 e. The van der Waals surface area contributed by atoms with Crippen molar-refractivity contribution in [2.75, 3.05) is 13.6 Å². The fourth-order valence-electron chi connectivity index (χ4n) is 1.77. The van der Waals surface area contributed by atoms with Gasteiger partial charge in [-0.3, -0.25) is 0 Å². The van der Waals surface area contributed by atoms with Crippen LogP contribution < -0.4 is 5.32 Å². The highest BCUT2D eigenvalue weighted by atomic mass is 16.3. The van der Waals surface area contributed by atoms with E-state index in [1.165, 1.54) is 12.8 Å². The summed E-state index contributed by atoms with van der Waals surface area (Å²) >= 11 is 0. The van der Waals surface area contributed by atoms with E-state index in [0.717, 1.165) is 12.5 Å². The highest BCUT2D eigenvalue weighted by Gasteiger charge is 2.37. The lowest BCUT2D eigenvalue weighted by atomic mass is 9.67. The third-order valence-corrected chi connectivity index (χ3v) is 2.73. The summed E-state index contributed by atoms with van der Waals surface area (Å²) in [4.78, 5) is 0. The maximum atomic E-state index is 9.60. The van der Waals surface area contributed by atoms with Crippen molar-refractivity contribution in [2.24, 2.45) is 11.8 Å². The minimum atomic E-state index is -0.454. The summed E-state index contributed by atoms with van der Waals surface area (Å²) in [5.74, 6) is 1.33. The first kappa shape index (κ1) is 9.01. The number of aliphatic hydroxyl groups is 1. The van der Waals surface area contributed by atoms with Gasteiger partial charge < -0.3 is 10.4 Å². The molecule has 1 aliphatic carbocycles. The second-order valence-electron chi connectivity index (χ2n) is 4.25. The zero-order chi connectivity index (χ0) is 8.48. The van der Waals surface area contributed by atoms with Crippen molar-refractivity contribution >= 4 is 0 Å². The van der Waals surface area contributed by atoms with E-state index in [-0.39, 0.29) is 0 Å². The molecule has 0 radical (unpaired) electrons. The molecule has 1 fully saturated rings. The summed E-state index contributed by atoms with van der Waals surface area (Å²) in [6, 6.07) is 0. The van der Waals surface area contributed by atoms with Crippen LogP contribution in [0.3, 0.4) is 0 Å². The van der Waals surface area contributed by atoms with Crippen molar-refractivity contribution in [1.82, 2.24) is 5.32 Å². The zero-order valence-corrected chi connectivity index (χ0v) is 7.72. The molecule has 2 nitrogen and oxygen atoms in total. The van der Waals surface area contributed by atoms with Gasteiger partial charge in [0.25, 0.3) is 0 Å². The van der Waals surface area contributed by atoms with Gasteiger partial charge in [-0.2, -0.15) is 0 Å². The van der Waals surface area contributed by atoms with Crippen LogP contribution in [0.5, 0.6) is 0 Å². The van der Waals surface area contributed by atoms with Crippen LogP contribution in [0.25, 0.3) is 0 Å². The summed E-state index contributed by atoms with van der Waals surface area (Å²) in [5.41, 5.74) is -0.454. The lowest BCUT2D eigenvalue weighted by Gasteiger charge is -2.42. The van der Waals surface area contributed by atoms with Crippen molar-refractivity contribution in [3.8, 4) is 0 Å². The third kappa shape index (κ3) is 2.17. The van der Waals surface area contributed by atoms with Crippen LogP contribution in [-0.2, 0) is 0 Å². The van der Waals surface area contributed by atoms with Gasteiger partial charge in [-0.1, -0.05) is 0 Å². The lowest BCUT2D eigenvalue weighted by Crippen LogP contribution is -2.43. The monoisotopic (exact) mass is 157 g/mol. The van der Waals surface area contributed by atoms with E-state index in [4.69, 9.17) is 0 Å². The molecule has 2 heteroatoms. The second-order valence-corrected chi connectivity index (χ2v) is 4.25. The van der Waals surface area contributed by atoms with Crippen molar-refractivity contribution in [2.45, 2.75) is 32.3 Å². The molecule has 0 heterocycles. The summed E-state index contributed by atoms with van der Waals surface area (Å²) in [5, 5.41) is 12.8. The number of hydrogen-bond acceptors (Lipinski definition) is 2. The Bertz CT molecular complexity index is 122. The van der Waals surface area contributed by atoms with Crippen molar-refractivity contribution < 1.29 is 5.11 Å². The van der Waals surface area contributed by atoms with Crippen LogP contribution in [0.2, 0.25) is 0 Å². The Labute approximate surface area is 69.0 Å². The molecule has 0 amide bonds. The zero-order valence-electron chi connectivity index (χ0n) is 7.72. The predicted octanol–water partition coefficient (Wildman–Crippen LogP) is 1.00. The highest BCUT2D eigenvalue weighted by molar-refractivity contribution is 4.89. The maximum Gasteiger partial charge on any atom is 0.0620 e. The van der Waals surface area contributed by atoms with Crippen LogP contribution in [-0.4, -0.2) is 24.3 Å². The molecule has 1 rings (SSSR count). The van der Waals surface area contributed by atoms with Crippen molar-refractivity contribution in [3.05, 3.63) is 0 Å². The highest BCUT2D eigenvalue weighted by Crippen LogP contribution is 2.40. The maximum absolute atomic E-state index is 9.60. The topological polar surface area (TPSA) is 32.3 Å². The number of rotatable bonds is 3. The molecule has 0 spiro atoms. The van der Waals surface area contributed by atoms with Gasteiger partial charge in [-0.25, -0.2) is 0 Å². The molecule has 1 aliphatic rings. The van der Waals surface area contributed by atoms with Gasteiger partial charge >= 0.3 is 0 Å². The van der Waals surface area contributed by atoms with Gasteiger partial charge in [0.2, 0.25) is 0 Å². The molecule has 0 bridgehead atoms. The SMILES string of the molecule is CNCC1CC(C(C)(C)O)C1. The van der Waals surface area contributed by atoms with Crippen molar-refractivity contribution in [1.29, 1.82) is 0 Å². The Kier molecular flexibility index (Phi) is 2.55. The lowest BCUT2D eigenvalue weighted by molar-refractivity contribution is -0.0420. The van der Waals surface area contributed by atoms with E-state index in [1.54, 1.807) is 0 Å². The fraction of sp³-hybridized carbons (Fsp3) is 1.00. The summed E-state index contributed by atoms with van der Waals surface area (Å²) in [6.07, 6.45) is 2.37. The number of hydrogen-bond donors (Lipinski definition) is 2. The molecule has 0 unspecified atom stereocenters. The van der Waals surface area contributed by atoms with E-state index < -0.39 is 5.60 Å². The summed E-state index contributed by atoms with van der Waals surface area (Å²) in [6.45, 7) is 4.92. The van der Waals surface area contributed by atoms with Crippen LogP contribution in [0, 0.1) is 11.8 Å². The molecule has 0 aromatic heterocycles. The molecule has 2 N–H and O–H groups in total. The Hall–Kier alpha value is -0.0800. The molecule has 66 valence electrons. The predicted molar refractivity (Wildman–Crippen MR) is 46.4 cm³/mol. The van der Waals surface area contributed by atoms with Crippen molar-refractivity contribution in [3.63, 3.8) is 0 Å². The van der Waals surface area contributed by atoms with E-state index >= 15 is 0 Å². The summed E-state index contributed by atoms with van der Waals surface area (Å²) < 4.78 is 0. The molecule has 0 saturated heterocycles. The molecule has 0 aromatic rings. The average Bonchev–Trinajstić information content (AvgIpc) is 1.74. The minimum absolute atomic E-state index is 0.454. The van der Waals surface area contributed by atoms with Crippen LogP contribution in [0.4, 0.5) is 0 Å². The Balaban J connectivity index is 2.19. The Morgan fingerprint density at radius 2 is 2.00 bits per heavy atom. The quantitative estimate of drug-likeness (QED) is 0.640. The van der Waals surface area contributed by atoms with Gasteiger partial charge in [0.15, 0.2) is 0 Å². The standard InChI is InChI=1S/C9H19NO/c1-9(2,11)8-4-7(5-8)6-10-3/h7-8,10-11H,4-6H2,1-3H3. The smallest absolute Gasteiger partial charge is 0.0620 e. The van der Waals surface area contributed by atoms with Crippen LogP contribution in [0.1, 0.15) is 26.7 Å².